The molecule has 0 aliphatic rings. The van der Waals surface area contributed by atoms with E-state index in [2.05, 4.69) is 18.3 Å². The summed E-state index contributed by atoms with van der Waals surface area (Å²) in [6.07, 6.45) is 0.352. The van der Waals surface area contributed by atoms with Crippen molar-refractivity contribution in [2.45, 2.75) is 31.2 Å². The van der Waals surface area contributed by atoms with Gasteiger partial charge in [-0.05, 0) is 24.8 Å². The number of carbonyl (C=O) groups excluding carboxylic acids is 1. The van der Waals surface area contributed by atoms with E-state index in [1.54, 1.807) is 11.8 Å². The molecule has 1 rings (SSSR count). The summed E-state index contributed by atoms with van der Waals surface area (Å²) in [6.45, 7) is 4.08. The van der Waals surface area contributed by atoms with Gasteiger partial charge in [-0.1, -0.05) is 19.1 Å². The first-order valence-electron chi connectivity index (χ1n) is 5.40. The van der Waals surface area contributed by atoms with Crippen molar-refractivity contribution in [2.24, 2.45) is 5.73 Å². The summed E-state index contributed by atoms with van der Waals surface area (Å²) in [5.74, 6) is 0.753. The van der Waals surface area contributed by atoms with Gasteiger partial charge in [-0.3, -0.25) is 4.79 Å². The number of nitrogens with two attached hydrogens (primary N) is 1. The Hall–Kier alpha value is -1.16. The summed E-state index contributed by atoms with van der Waals surface area (Å²) < 4.78 is 0. The van der Waals surface area contributed by atoms with Gasteiger partial charge in [0.25, 0.3) is 0 Å². The molecule has 0 fully saturated rings. The monoisotopic (exact) mass is 238 g/mol. The first kappa shape index (κ1) is 12.9. The number of hydrogen-bond acceptors (Lipinski definition) is 3. The minimum atomic E-state index is -0.277. The second-order valence-electron chi connectivity index (χ2n) is 3.64. The van der Waals surface area contributed by atoms with Gasteiger partial charge >= 0.3 is 0 Å². The van der Waals surface area contributed by atoms with Crippen molar-refractivity contribution < 1.29 is 4.79 Å². The molecule has 4 heteroatoms. The third-order valence-corrected chi connectivity index (χ3v) is 3.05. The minimum Gasteiger partial charge on any atom is -0.381 e. The Morgan fingerprint density at radius 1 is 1.50 bits per heavy atom. The SMILES string of the molecule is CCSc1ccccc1NC(C)CC(N)=O. The van der Waals surface area contributed by atoms with E-state index in [1.807, 2.05) is 25.1 Å². The predicted molar refractivity (Wildman–Crippen MR) is 69.7 cm³/mol. The molecule has 1 atom stereocenters. The molecule has 0 radical (unpaired) electrons. The molecule has 1 unspecified atom stereocenters. The van der Waals surface area contributed by atoms with Gasteiger partial charge in [0.05, 0.1) is 0 Å². The van der Waals surface area contributed by atoms with Crippen LogP contribution in [0.25, 0.3) is 0 Å². The molecule has 0 aliphatic carbocycles. The summed E-state index contributed by atoms with van der Waals surface area (Å²) >= 11 is 1.78. The van der Waals surface area contributed by atoms with Crippen LogP contribution in [0.2, 0.25) is 0 Å². The molecule has 3 N–H and O–H groups in total. The summed E-state index contributed by atoms with van der Waals surface area (Å²) in [7, 11) is 0. The molecule has 0 bridgehead atoms. The number of benzene rings is 1. The van der Waals surface area contributed by atoms with E-state index in [4.69, 9.17) is 5.73 Å². The van der Waals surface area contributed by atoms with Crippen LogP contribution in [0.4, 0.5) is 5.69 Å². The number of nitrogens with one attached hydrogen (secondary N) is 1. The number of para-hydroxylation sites is 1. The lowest BCUT2D eigenvalue weighted by atomic mass is 10.2. The summed E-state index contributed by atoms with van der Waals surface area (Å²) in [4.78, 5) is 12.0. The maximum Gasteiger partial charge on any atom is 0.219 e. The van der Waals surface area contributed by atoms with E-state index in [0.717, 1.165) is 11.4 Å². The molecule has 0 aliphatic heterocycles. The Morgan fingerprint density at radius 3 is 2.81 bits per heavy atom. The van der Waals surface area contributed by atoms with E-state index < -0.39 is 0 Å². The van der Waals surface area contributed by atoms with Gasteiger partial charge in [0.15, 0.2) is 0 Å². The van der Waals surface area contributed by atoms with Crippen molar-refractivity contribution >= 4 is 23.4 Å². The standard InChI is InChI=1S/C12H18N2OS/c1-3-16-11-7-5-4-6-10(11)14-9(2)8-12(13)15/h4-7,9,14H,3,8H2,1-2H3,(H2,13,15). The quantitative estimate of drug-likeness (QED) is 0.749. The molecule has 0 saturated heterocycles. The molecule has 0 saturated carbocycles. The fraction of sp³-hybridized carbons (Fsp3) is 0.417. The minimum absolute atomic E-state index is 0.0658. The average molecular weight is 238 g/mol. The Morgan fingerprint density at radius 2 is 2.19 bits per heavy atom. The second kappa shape index (κ2) is 6.43. The molecule has 88 valence electrons. The molecule has 1 aromatic carbocycles. The van der Waals surface area contributed by atoms with Gasteiger partial charge in [-0.2, -0.15) is 0 Å². The van der Waals surface area contributed by atoms with Crippen LogP contribution in [0.1, 0.15) is 20.3 Å². The predicted octanol–water partition coefficient (Wildman–Crippen LogP) is 2.47. The molecular formula is C12H18N2OS. The van der Waals surface area contributed by atoms with Gasteiger partial charge < -0.3 is 11.1 Å². The van der Waals surface area contributed by atoms with Gasteiger partial charge in [0.2, 0.25) is 5.91 Å². The first-order chi connectivity index (χ1) is 7.63. The molecule has 1 aromatic rings. The third kappa shape index (κ3) is 4.14. The van der Waals surface area contributed by atoms with Gasteiger partial charge in [0, 0.05) is 23.0 Å². The zero-order valence-electron chi connectivity index (χ0n) is 9.69. The maximum atomic E-state index is 10.8. The van der Waals surface area contributed by atoms with E-state index in [0.29, 0.717) is 6.42 Å². The van der Waals surface area contributed by atoms with E-state index in [9.17, 15) is 4.79 Å². The van der Waals surface area contributed by atoms with Gasteiger partial charge in [0.1, 0.15) is 0 Å². The fourth-order valence-electron chi connectivity index (χ4n) is 1.49. The van der Waals surface area contributed by atoms with Crippen molar-refractivity contribution in [1.29, 1.82) is 0 Å². The highest BCUT2D eigenvalue weighted by atomic mass is 32.2. The van der Waals surface area contributed by atoms with E-state index in [-0.39, 0.29) is 11.9 Å². The summed E-state index contributed by atoms with van der Waals surface area (Å²) in [6, 6.07) is 8.17. The largest absolute Gasteiger partial charge is 0.381 e. The summed E-state index contributed by atoms with van der Waals surface area (Å²) in [5.41, 5.74) is 6.23. The number of amides is 1. The van der Waals surface area contributed by atoms with Crippen molar-refractivity contribution in [3.8, 4) is 0 Å². The van der Waals surface area contributed by atoms with Crippen LogP contribution in [-0.4, -0.2) is 17.7 Å². The molecule has 1 amide bonds. The Balaban J connectivity index is 2.68. The van der Waals surface area contributed by atoms with Crippen molar-refractivity contribution in [3.05, 3.63) is 24.3 Å². The zero-order chi connectivity index (χ0) is 12.0. The van der Waals surface area contributed by atoms with E-state index >= 15 is 0 Å². The van der Waals surface area contributed by atoms with E-state index in [1.165, 1.54) is 4.90 Å². The Kier molecular flexibility index (Phi) is 5.19. The average Bonchev–Trinajstić information content (AvgIpc) is 2.20. The molecule has 16 heavy (non-hydrogen) atoms. The molecule has 0 spiro atoms. The smallest absolute Gasteiger partial charge is 0.219 e. The number of hydrogen-bond donors (Lipinski definition) is 2. The lowest BCUT2D eigenvalue weighted by molar-refractivity contribution is -0.118. The van der Waals surface area contributed by atoms with Crippen LogP contribution in [0, 0.1) is 0 Å². The zero-order valence-corrected chi connectivity index (χ0v) is 10.5. The van der Waals surface area contributed by atoms with Crippen LogP contribution in [-0.2, 0) is 4.79 Å². The van der Waals surface area contributed by atoms with Crippen LogP contribution in [0.15, 0.2) is 29.2 Å². The normalized spacial score (nSPS) is 12.1. The van der Waals surface area contributed by atoms with Gasteiger partial charge in [-0.25, -0.2) is 0 Å². The fourth-order valence-corrected chi connectivity index (χ4v) is 2.25. The number of rotatable bonds is 6. The van der Waals surface area contributed by atoms with Gasteiger partial charge in [-0.15, -0.1) is 11.8 Å². The third-order valence-electron chi connectivity index (χ3n) is 2.10. The van der Waals surface area contributed by atoms with Crippen molar-refractivity contribution in [3.63, 3.8) is 0 Å². The lowest BCUT2D eigenvalue weighted by Gasteiger charge is -2.16. The highest BCUT2D eigenvalue weighted by molar-refractivity contribution is 7.99. The Labute approximate surface area is 101 Å². The molecule has 3 nitrogen and oxygen atoms in total. The highest BCUT2D eigenvalue weighted by Gasteiger charge is 2.08. The summed E-state index contributed by atoms with van der Waals surface area (Å²) in [5, 5.41) is 3.30. The van der Waals surface area contributed by atoms with Crippen LogP contribution < -0.4 is 11.1 Å². The van der Waals surface area contributed by atoms with Crippen LogP contribution >= 0.6 is 11.8 Å². The molecular weight excluding hydrogens is 220 g/mol. The highest BCUT2D eigenvalue weighted by Crippen LogP contribution is 2.27. The van der Waals surface area contributed by atoms with Crippen LogP contribution in [0.3, 0.4) is 0 Å². The number of thioether (sulfide) groups is 1. The maximum absolute atomic E-state index is 10.8. The number of carbonyl (C=O) groups is 1. The number of anilines is 1. The van der Waals surface area contributed by atoms with Crippen LogP contribution in [0.5, 0.6) is 0 Å². The van der Waals surface area contributed by atoms with Crippen molar-refractivity contribution in [1.82, 2.24) is 0 Å². The lowest BCUT2D eigenvalue weighted by Crippen LogP contribution is -2.24. The first-order valence-corrected chi connectivity index (χ1v) is 6.38. The number of primary amides is 1. The topological polar surface area (TPSA) is 55.1 Å². The Bertz CT molecular complexity index is 355. The van der Waals surface area contributed by atoms with Crippen molar-refractivity contribution in [2.75, 3.05) is 11.1 Å². The molecule has 0 heterocycles. The molecule has 0 aromatic heterocycles. The second-order valence-corrected chi connectivity index (χ2v) is 4.95.